The zero-order valence-electron chi connectivity index (χ0n) is 15.1. The number of aryl methyl sites for hydroxylation is 1. The minimum Gasteiger partial charge on any atom is -0.396 e. The number of aliphatic hydroxyl groups excluding tert-OH is 1. The van der Waals surface area contributed by atoms with Gasteiger partial charge in [-0.05, 0) is 52.0 Å². The lowest BCUT2D eigenvalue weighted by atomic mass is 9.99. The molecule has 0 aliphatic carbocycles. The van der Waals surface area contributed by atoms with Crippen molar-refractivity contribution < 1.29 is 5.11 Å². The Morgan fingerprint density at radius 3 is 2.67 bits per heavy atom. The van der Waals surface area contributed by atoms with Crippen molar-refractivity contribution >= 4 is 11.8 Å². The highest BCUT2D eigenvalue weighted by atomic mass is 16.3. The predicted octanol–water partition coefficient (Wildman–Crippen LogP) is 1.81. The van der Waals surface area contributed by atoms with Crippen molar-refractivity contribution in [2.45, 2.75) is 39.5 Å². The van der Waals surface area contributed by atoms with Crippen LogP contribution in [-0.4, -0.2) is 65.8 Å². The Labute approximate surface area is 145 Å². The van der Waals surface area contributed by atoms with Crippen molar-refractivity contribution in [1.82, 2.24) is 14.9 Å². The molecule has 1 aromatic heterocycles. The van der Waals surface area contributed by atoms with Crippen molar-refractivity contribution in [2.75, 3.05) is 56.1 Å². The molecule has 2 saturated heterocycles. The molecule has 134 valence electrons. The van der Waals surface area contributed by atoms with Gasteiger partial charge < -0.3 is 20.2 Å². The largest absolute Gasteiger partial charge is 0.396 e. The fraction of sp³-hybridized carbons (Fsp3) is 0.778. The summed E-state index contributed by atoms with van der Waals surface area (Å²) in [5, 5.41) is 12.9. The molecule has 1 aromatic rings. The Morgan fingerprint density at radius 2 is 1.92 bits per heavy atom. The summed E-state index contributed by atoms with van der Waals surface area (Å²) in [5.74, 6) is 2.29. The van der Waals surface area contributed by atoms with Gasteiger partial charge in [-0.25, -0.2) is 4.98 Å². The molecule has 2 fully saturated rings. The van der Waals surface area contributed by atoms with E-state index < -0.39 is 0 Å². The fourth-order valence-corrected chi connectivity index (χ4v) is 3.68. The molecule has 0 bridgehead atoms. The van der Waals surface area contributed by atoms with Gasteiger partial charge in [-0.1, -0.05) is 0 Å². The number of nitrogens with one attached hydrogen (secondary N) is 1. The molecule has 0 unspecified atom stereocenters. The van der Waals surface area contributed by atoms with Crippen LogP contribution in [0.5, 0.6) is 0 Å². The molecule has 6 heteroatoms. The third-order valence-electron chi connectivity index (χ3n) is 5.35. The summed E-state index contributed by atoms with van der Waals surface area (Å²) >= 11 is 0. The maximum atomic E-state index is 9.35. The minimum absolute atomic E-state index is 0.313. The quantitative estimate of drug-likeness (QED) is 0.828. The van der Waals surface area contributed by atoms with Gasteiger partial charge in [-0.15, -0.1) is 0 Å². The number of likely N-dealkylation sites (tertiary alicyclic amines) is 1. The first kappa shape index (κ1) is 17.4. The molecular weight excluding hydrogens is 302 g/mol. The van der Waals surface area contributed by atoms with E-state index in [0.29, 0.717) is 12.5 Å². The van der Waals surface area contributed by atoms with Crippen molar-refractivity contribution in [3.05, 3.63) is 11.3 Å². The highest BCUT2D eigenvalue weighted by molar-refractivity contribution is 5.50. The first-order chi connectivity index (χ1) is 11.7. The number of hydrogen-bond acceptors (Lipinski definition) is 6. The standard InChI is InChI=1S/C18H31N5O/c1-14-15(2)20-18(23-9-3-4-10-23)21-17(14)19-7-11-22-8-5-6-16(12-22)13-24/h16,24H,3-13H2,1-2H3,(H,19,20,21)/t16-/m0/s1. The Hall–Kier alpha value is -1.40. The minimum atomic E-state index is 0.313. The third kappa shape index (κ3) is 4.16. The summed E-state index contributed by atoms with van der Waals surface area (Å²) in [6.07, 6.45) is 4.82. The summed E-state index contributed by atoms with van der Waals surface area (Å²) in [7, 11) is 0. The van der Waals surface area contributed by atoms with E-state index in [2.05, 4.69) is 33.9 Å². The first-order valence-corrected chi connectivity index (χ1v) is 9.34. The number of nitrogens with zero attached hydrogens (tertiary/aromatic N) is 4. The van der Waals surface area contributed by atoms with E-state index in [0.717, 1.165) is 68.7 Å². The molecule has 3 heterocycles. The second kappa shape index (κ2) is 8.12. The molecule has 0 spiro atoms. The van der Waals surface area contributed by atoms with E-state index in [1.807, 2.05) is 0 Å². The Bertz CT molecular complexity index is 544. The van der Waals surface area contributed by atoms with Crippen LogP contribution < -0.4 is 10.2 Å². The predicted molar refractivity (Wildman–Crippen MR) is 97.7 cm³/mol. The van der Waals surface area contributed by atoms with Gasteiger partial charge in [-0.2, -0.15) is 4.98 Å². The Balaban J connectivity index is 1.58. The second-order valence-electron chi connectivity index (χ2n) is 7.19. The van der Waals surface area contributed by atoms with Crippen molar-refractivity contribution in [2.24, 2.45) is 5.92 Å². The van der Waals surface area contributed by atoms with E-state index in [4.69, 9.17) is 4.98 Å². The van der Waals surface area contributed by atoms with Crippen LogP contribution in [0.2, 0.25) is 0 Å². The van der Waals surface area contributed by atoms with Crippen LogP contribution in [0, 0.1) is 19.8 Å². The number of hydrogen-bond donors (Lipinski definition) is 2. The van der Waals surface area contributed by atoms with Crippen LogP contribution in [0.4, 0.5) is 11.8 Å². The summed E-state index contributed by atoms with van der Waals surface area (Å²) in [4.78, 5) is 14.2. The summed E-state index contributed by atoms with van der Waals surface area (Å²) in [5.41, 5.74) is 2.21. The van der Waals surface area contributed by atoms with Crippen LogP contribution in [0.15, 0.2) is 0 Å². The molecule has 3 rings (SSSR count). The molecule has 0 radical (unpaired) electrons. The summed E-state index contributed by atoms with van der Waals surface area (Å²) < 4.78 is 0. The Morgan fingerprint density at radius 1 is 1.12 bits per heavy atom. The highest BCUT2D eigenvalue weighted by Crippen LogP contribution is 2.22. The molecule has 24 heavy (non-hydrogen) atoms. The maximum Gasteiger partial charge on any atom is 0.227 e. The zero-order valence-corrected chi connectivity index (χ0v) is 15.1. The van der Waals surface area contributed by atoms with Gasteiger partial charge in [0.05, 0.1) is 0 Å². The molecule has 1 atom stereocenters. The average Bonchev–Trinajstić information content (AvgIpc) is 3.13. The third-order valence-corrected chi connectivity index (χ3v) is 5.35. The maximum absolute atomic E-state index is 9.35. The van der Waals surface area contributed by atoms with Gasteiger partial charge in [0.15, 0.2) is 0 Å². The monoisotopic (exact) mass is 333 g/mol. The summed E-state index contributed by atoms with van der Waals surface area (Å²) in [6.45, 7) is 10.6. The Kier molecular flexibility index (Phi) is 5.89. The van der Waals surface area contributed by atoms with E-state index in [1.54, 1.807) is 0 Å². The summed E-state index contributed by atoms with van der Waals surface area (Å²) in [6, 6.07) is 0. The SMILES string of the molecule is Cc1nc(N2CCCC2)nc(NCCN2CCC[C@H](CO)C2)c1C. The van der Waals surface area contributed by atoms with Crippen molar-refractivity contribution in [1.29, 1.82) is 0 Å². The number of aliphatic hydroxyl groups is 1. The van der Waals surface area contributed by atoms with E-state index in [-0.39, 0.29) is 0 Å². The number of aromatic nitrogens is 2. The van der Waals surface area contributed by atoms with E-state index in [1.165, 1.54) is 19.3 Å². The van der Waals surface area contributed by atoms with Gasteiger partial charge in [-0.3, -0.25) is 0 Å². The highest BCUT2D eigenvalue weighted by Gasteiger charge is 2.20. The normalized spacial score (nSPS) is 22.1. The lowest BCUT2D eigenvalue weighted by Gasteiger charge is -2.31. The van der Waals surface area contributed by atoms with Gasteiger partial charge in [0.25, 0.3) is 0 Å². The van der Waals surface area contributed by atoms with Crippen LogP contribution in [0.25, 0.3) is 0 Å². The topological polar surface area (TPSA) is 64.5 Å². The van der Waals surface area contributed by atoms with E-state index >= 15 is 0 Å². The van der Waals surface area contributed by atoms with E-state index in [9.17, 15) is 5.11 Å². The molecule has 2 N–H and O–H groups in total. The number of anilines is 2. The first-order valence-electron chi connectivity index (χ1n) is 9.34. The van der Waals surface area contributed by atoms with Crippen molar-refractivity contribution in [3.8, 4) is 0 Å². The van der Waals surface area contributed by atoms with Gasteiger partial charge in [0.1, 0.15) is 5.82 Å². The number of rotatable bonds is 6. The van der Waals surface area contributed by atoms with Crippen LogP contribution >= 0.6 is 0 Å². The molecule has 0 aromatic carbocycles. The molecule has 0 amide bonds. The second-order valence-corrected chi connectivity index (χ2v) is 7.19. The number of piperidine rings is 1. The lowest BCUT2D eigenvalue weighted by molar-refractivity contribution is 0.123. The molecule has 0 saturated carbocycles. The van der Waals surface area contributed by atoms with Crippen LogP contribution in [-0.2, 0) is 0 Å². The molecule has 6 nitrogen and oxygen atoms in total. The van der Waals surface area contributed by atoms with Crippen LogP contribution in [0.3, 0.4) is 0 Å². The fourth-order valence-electron chi connectivity index (χ4n) is 3.68. The van der Waals surface area contributed by atoms with Crippen LogP contribution in [0.1, 0.15) is 36.9 Å². The molecule has 2 aliphatic rings. The lowest BCUT2D eigenvalue weighted by Crippen LogP contribution is -2.39. The molecule has 2 aliphatic heterocycles. The van der Waals surface area contributed by atoms with Gasteiger partial charge >= 0.3 is 0 Å². The van der Waals surface area contributed by atoms with Crippen molar-refractivity contribution in [3.63, 3.8) is 0 Å². The smallest absolute Gasteiger partial charge is 0.227 e. The van der Waals surface area contributed by atoms with Gasteiger partial charge in [0, 0.05) is 50.6 Å². The van der Waals surface area contributed by atoms with Gasteiger partial charge in [0.2, 0.25) is 5.95 Å². The zero-order chi connectivity index (χ0) is 16.9. The average molecular weight is 333 g/mol. The molecular formula is C18H31N5O.